The maximum Gasteiger partial charge on any atom is 0.116 e. The molecule has 2 aromatic rings. The minimum absolute atomic E-state index is 0.352. The predicted octanol–water partition coefficient (Wildman–Crippen LogP) is 3.53. The molecule has 4 heteroatoms. The van der Waals surface area contributed by atoms with E-state index in [2.05, 4.69) is 16.0 Å². The van der Waals surface area contributed by atoms with E-state index in [-0.39, 0.29) is 0 Å². The lowest BCUT2D eigenvalue weighted by atomic mass is 9.65. The standard InChI is InChI=1S/C20H23N3O/c21-6-1-2-13-8-12-9-17-19-15(5-7-23(11-12)20(13)17)16-10-14(24)3-4-18(16)22-19/h3-4,10,12-13,17,20,22,24H,1-2,5,7-9,11H2. The van der Waals surface area contributed by atoms with E-state index in [9.17, 15) is 5.11 Å². The number of aromatic hydroxyl groups is 1. The molecule has 3 fully saturated rings. The minimum Gasteiger partial charge on any atom is -0.508 e. The predicted molar refractivity (Wildman–Crippen MR) is 92.8 cm³/mol. The van der Waals surface area contributed by atoms with Crippen LogP contribution in [0.4, 0.5) is 0 Å². The number of aromatic amines is 1. The highest BCUT2D eigenvalue weighted by Gasteiger charge is 2.48. The van der Waals surface area contributed by atoms with Crippen LogP contribution in [0.2, 0.25) is 0 Å². The molecule has 124 valence electrons. The summed E-state index contributed by atoms with van der Waals surface area (Å²) in [5.74, 6) is 2.35. The van der Waals surface area contributed by atoms with Crippen molar-refractivity contribution in [3.8, 4) is 11.8 Å². The van der Waals surface area contributed by atoms with E-state index in [0.717, 1.165) is 30.8 Å². The number of H-pyrrole nitrogens is 1. The van der Waals surface area contributed by atoms with Gasteiger partial charge in [0.2, 0.25) is 0 Å². The molecule has 5 unspecified atom stereocenters. The molecule has 5 atom stereocenters. The zero-order chi connectivity index (χ0) is 16.3. The molecule has 6 rings (SSSR count). The van der Waals surface area contributed by atoms with E-state index in [1.807, 2.05) is 12.1 Å². The van der Waals surface area contributed by atoms with Crippen LogP contribution in [0.25, 0.3) is 10.9 Å². The van der Waals surface area contributed by atoms with Crippen molar-refractivity contribution in [3.63, 3.8) is 0 Å². The van der Waals surface area contributed by atoms with Gasteiger partial charge < -0.3 is 10.1 Å². The molecule has 1 aromatic heterocycles. The SMILES string of the molecule is N#CCCC1CC2CC3c4[nH]c5ccc(O)cc5c4CCN(C2)C13. The van der Waals surface area contributed by atoms with Gasteiger partial charge in [0.1, 0.15) is 5.75 Å². The third-order valence-corrected chi connectivity index (χ3v) is 6.60. The Hall–Kier alpha value is -1.99. The smallest absolute Gasteiger partial charge is 0.116 e. The average molecular weight is 321 g/mol. The molecule has 0 spiro atoms. The number of nitrogens with zero attached hydrogens (tertiary/aromatic N) is 2. The molecule has 2 saturated heterocycles. The lowest BCUT2D eigenvalue weighted by Crippen LogP contribution is -2.56. The number of rotatable bonds is 2. The van der Waals surface area contributed by atoms with Gasteiger partial charge in [-0.05, 0) is 61.3 Å². The van der Waals surface area contributed by atoms with Crippen molar-refractivity contribution >= 4 is 10.9 Å². The van der Waals surface area contributed by atoms with Crippen molar-refractivity contribution in [2.75, 3.05) is 13.1 Å². The molecular formula is C20H23N3O. The van der Waals surface area contributed by atoms with E-state index < -0.39 is 0 Å². The van der Waals surface area contributed by atoms with E-state index >= 15 is 0 Å². The number of benzene rings is 1. The van der Waals surface area contributed by atoms with Gasteiger partial charge in [0, 0.05) is 48.1 Å². The molecule has 1 aromatic carbocycles. The Morgan fingerprint density at radius 3 is 3.12 bits per heavy atom. The number of nitrogens with one attached hydrogen (secondary N) is 1. The lowest BCUT2D eigenvalue weighted by molar-refractivity contribution is -0.0146. The van der Waals surface area contributed by atoms with Crippen LogP contribution in [-0.2, 0) is 6.42 Å². The second kappa shape index (κ2) is 5.26. The molecule has 4 heterocycles. The number of aromatic nitrogens is 1. The molecule has 4 aliphatic rings. The summed E-state index contributed by atoms with van der Waals surface area (Å²) in [5, 5.41) is 20.1. The number of fused-ring (bicyclic) bond motifs is 4. The van der Waals surface area contributed by atoms with E-state index in [1.54, 1.807) is 6.07 Å². The summed E-state index contributed by atoms with van der Waals surface area (Å²) in [6.07, 6.45) is 5.36. The number of nitriles is 1. The second-order valence-corrected chi connectivity index (χ2v) is 7.88. The van der Waals surface area contributed by atoms with Gasteiger partial charge in [-0.15, -0.1) is 0 Å². The van der Waals surface area contributed by atoms with Crippen LogP contribution in [0, 0.1) is 23.2 Å². The van der Waals surface area contributed by atoms with Crippen LogP contribution in [0.15, 0.2) is 18.2 Å². The molecule has 1 saturated carbocycles. The fraction of sp³-hybridized carbons (Fsp3) is 0.550. The van der Waals surface area contributed by atoms with Crippen molar-refractivity contribution in [1.82, 2.24) is 9.88 Å². The summed E-state index contributed by atoms with van der Waals surface area (Å²) < 4.78 is 0. The lowest BCUT2D eigenvalue weighted by Gasteiger charge is -2.53. The largest absolute Gasteiger partial charge is 0.508 e. The van der Waals surface area contributed by atoms with Gasteiger partial charge in [0.25, 0.3) is 0 Å². The molecule has 0 radical (unpaired) electrons. The molecule has 4 nitrogen and oxygen atoms in total. The van der Waals surface area contributed by atoms with E-state index in [0.29, 0.717) is 30.0 Å². The maximum absolute atomic E-state index is 9.90. The van der Waals surface area contributed by atoms with E-state index in [1.165, 1.54) is 36.0 Å². The fourth-order valence-corrected chi connectivity index (χ4v) is 5.81. The Balaban J connectivity index is 1.60. The molecule has 2 N–H and O–H groups in total. The minimum atomic E-state index is 0.352. The number of hydrogen-bond donors (Lipinski definition) is 2. The molecule has 3 aliphatic heterocycles. The number of hydrogen-bond acceptors (Lipinski definition) is 3. The molecular weight excluding hydrogens is 298 g/mol. The highest BCUT2D eigenvalue weighted by Crippen LogP contribution is 2.51. The van der Waals surface area contributed by atoms with Gasteiger partial charge >= 0.3 is 0 Å². The normalized spacial score (nSPS) is 33.9. The summed E-state index contributed by atoms with van der Waals surface area (Å²) in [4.78, 5) is 6.40. The molecule has 1 aliphatic carbocycles. The van der Waals surface area contributed by atoms with Crippen molar-refractivity contribution in [1.29, 1.82) is 5.26 Å². The average Bonchev–Trinajstić information content (AvgIpc) is 2.90. The van der Waals surface area contributed by atoms with Gasteiger partial charge in [-0.2, -0.15) is 5.26 Å². The summed E-state index contributed by atoms with van der Waals surface area (Å²) in [6.45, 7) is 2.34. The van der Waals surface area contributed by atoms with Gasteiger partial charge in [-0.1, -0.05) is 0 Å². The first kappa shape index (κ1) is 14.4. The van der Waals surface area contributed by atoms with Crippen molar-refractivity contribution in [3.05, 3.63) is 29.5 Å². The van der Waals surface area contributed by atoms with Crippen LogP contribution in [0.1, 0.15) is 42.9 Å². The first-order valence-corrected chi connectivity index (χ1v) is 9.19. The Morgan fingerprint density at radius 1 is 1.33 bits per heavy atom. The first-order chi connectivity index (χ1) is 11.7. The Labute approximate surface area is 142 Å². The Bertz CT molecular complexity index is 833. The van der Waals surface area contributed by atoms with Crippen LogP contribution in [0.5, 0.6) is 5.75 Å². The highest BCUT2D eigenvalue weighted by molar-refractivity contribution is 5.86. The topological polar surface area (TPSA) is 63.1 Å². The zero-order valence-corrected chi connectivity index (χ0v) is 13.8. The number of phenols is 1. The van der Waals surface area contributed by atoms with Crippen molar-refractivity contribution < 1.29 is 5.11 Å². The van der Waals surface area contributed by atoms with Gasteiger partial charge in [0.05, 0.1) is 6.07 Å². The fourth-order valence-electron chi connectivity index (χ4n) is 5.81. The maximum atomic E-state index is 9.90. The summed E-state index contributed by atoms with van der Waals surface area (Å²) >= 11 is 0. The number of piperidine rings is 2. The first-order valence-electron chi connectivity index (χ1n) is 9.19. The third-order valence-electron chi connectivity index (χ3n) is 6.60. The van der Waals surface area contributed by atoms with Gasteiger partial charge in [0.15, 0.2) is 0 Å². The van der Waals surface area contributed by atoms with Crippen molar-refractivity contribution in [2.45, 2.75) is 44.1 Å². The monoisotopic (exact) mass is 321 g/mol. The molecule has 4 bridgehead atoms. The summed E-state index contributed by atoms with van der Waals surface area (Å²) in [6, 6.07) is 8.63. The number of phenolic OH excluding ortho intramolecular Hbond substituents is 1. The quantitative estimate of drug-likeness (QED) is 0.889. The molecule has 24 heavy (non-hydrogen) atoms. The van der Waals surface area contributed by atoms with Crippen LogP contribution < -0.4 is 0 Å². The molecule has 0 amide bonds. The van der Waals surface area contributed by atoms with Crippen LogP contribution in [-0.4, -0.2) is 34.1 Å². The van der Waals surface area contributed by atoms with Crippen LogP contribution >= 0.6 is 0 Å². The van der Waals surface area contributed by atoms with Crippen LogP contribution in [0.3, 0.4) is 0 Å². The van der Waals surface area contributed by atoms with Gasteiger partial charge in [-0.3, -0.25) is 4.90 Å². The summed E-state index contributed by atoms with van der Waals surface area (Å²) in [5.41, 5.74) is 3.98. The second-order valence-electron chi connectivity index (χ2n) is 7.88. The van der Waals surface area contributed by atoms with E-state index in [4.69, 9.17) is 5.26 Å². The zero-order valence-electron chi connectivity index (χ0n) is 13.8. The highest BCUT2D eigenvalue weighted by atomic mass is 16.3. The Kier molecular flexibility index (Phi) is 3.14. The summed E-state index contributed by atoms with van der Waals surface area (Å²) in [7, 11) is 0. The van der Waals surface area contributed by atoms with Crippen molar-refractivity contribution in [2.24, 2.45) is 11.8 Å². The third kappa shape index (κ3) is 2.01. The Morgan fingerprint density at radius 2 is 2.25 bits per heavy atom. The van der Waals surface area contributed by atoms with Gasteiger partial charge in [-0.25, -0.2) is 0 Å².